The van der Waals surface area contributed by atoms with E-state index in [4.69, 9.17) is 4.74 Å². The number of benzene rings is 4. The molecule has 0 atom stereocenters. The van der Waals surface area contributed by atoms with Gasteiger partial charge in [0.15, 0.2) is 23.3 Å². The second-order valence-corrected chi connectivity index (χ2v) is 10.9. The summed E-state index contributed by atoms with van der Waals surface area (Å²) in [6.45, 7) is 5.54. The topological polar surface area (TPSA) is 44.9 Å². The number of fused-ring (bicyclic) bond motifs is 3. The van der Waals surface area contributed by atoms with Gasteiger partial charge in [-0.15, -0.1) is 35.7 Å². The Hall–Kier alpha value is -4.78. The van der Waals surface area contributed by atoms with Crippen LogP contribution in [0.2, 0.25) is 0 Å². The monoisotopic (exact) mass is 724 g/mol. The molecular formula is C37H26F4N4OPd. The van der Waals surface area contributed by atoms with Crippen LogP contribution in [0, 0.1) is 42.3 Å². The molecule has 0 aliphatic heterocycles. The fourth-order valence-corrected chi connectivity index (χ4v) is 5.91. The molecule has 0 aliphatic carbocycles. The summed E-state index contributed by atoms with van der Waals surface area (Å²) in [5.74, 6) is -4.34. The van der Waals surface area contributed by atoms with Gasteiger partial charge in [0.25, 0.3) is 0 Å². The van der Waals surface area contributed by atoms with Crippen molar-refractivity contribution in [2.45, 2.75) is 33.6 Å². The number of pyridine rings is 1. The predicted molar refractivity (Wildman–Crippen MR) is 169 cm³/mol. The molecule has 0 aliphatic rings. The van der Waals surface area contributed by atoms with E-state index in [1.807, 2.05) is 54.0 Å². The van der Waals surface area contributed by atoms with E-state index in [0.717, 1.165) is 33.2 Å². The third kappa shape index (κ3) is 5.52. The molecule has 0 radical (unpaired) electrons. The van der Waals surface area contributed by atoms with Gasteiger partial charge in [0, 0.05) is 40.5 Å². The molecule has 0 spiro atoms. The standard InChI is InChI=1S/C37H26F4N4O.Pd/c1-4-29-34(35-36(40)27(38)20-28(39)37(35)41)30(5-2)45(43-29)22-9-8-10-23(18-22)46-24-13-14-26-25-11-6-7-12-31(25)44(32(26)19-24)33-17-21(3)15-16-42-33;/h6-17,20H,4-5H2,1-3H3;/q-2;+2. The Bertz CT molecular complexity index is 2270. The average molecular weight is 725 g/mol. The molecule has 3 heterocycles. The van der Waals surface area contributed by atoms with Crippen LogP contribution in [0.25, 0.3) is 44.4 Å². The van der Waals surface area contributed by atoms with Crippen LogP contribution < -0.4 is 4.74 Å². The molecule has 4 aromatic carbocycles. The first kappa shape index (κ1) is 32.2. The molecule has 3 aromatic heterocycles. The molecule has 7 aromatic rings. The summed E-state index contributed by atoms with van der Waals surface area (Å²) in [6.07, 6.45) is 2.30. The van der Waals surface area contributed by atoms with E-state index in [-0.39, 0.29) is 50.6 Å². The van der Waals surface area contributed by atoms with Crippen LogP contribution >= 0.6 is 0 Å². The molecule has 7 rings (SSSR count). The Kier molecular flexibility index (Phi) is 8.75. The maximum absolute atomic E-state index is 15.0. The van der Waals surface area contributed by atoms with E-state index in [0.29, 0.717) is 22.9 Å². The molecule has 5 nitrogen and oxygen atoms in total. The number of ether oxygens (including phenoxy) is 1. The number of rotatable bonds is 7. The first-order valence-corrected chi connectivity index (χ1v) is 14.8. The molecule has 0 amide bonds. The van der Waals surface area contributed by atoms with Crippen molar-refractivity contribution in [3.8, 4) is 34.1 Å². The van der Waals surface area contributed by atoms with E-state index in [2.05, 4.69) is 28.3 Å². The summed E-state index contributed by atoms with van der Waals surface area (Å²) in [4.78, 5) is 4.61. The number of hydrogen-bond acceptors (Lipinski definition) is 3. The SMILES string of the molecule is CCc1nn(-c2[c-]c(Oc3[c-]c4c(cc3)c3ccccc3n4-c3cc(C)ccn3)ccc2)c(CC)c1-c1c(F)c(F)cc(F)c1F.[Pd+2]. The molecule has 0 saturated carbocycles. The number of hydrogen-bond donors (Lipinski definition) is 0. The minimum Gasteiger partial charge on any atom is -0.509 e. The first-order valence-electron chi connectivity index (χ1n) is 14.8. The van der Waals surface area contributed by atoms with Crippen molar-refractivity contribution in [3.05, 3.63) is 131 Å². The van der Waals surface area contributed by atoms with Crippen LogP contribution in [-0.2, 0) is 33.3 Å². The third-order valence-electron chi connectivity index (χ3n) is 7.97. The Morgan fingerprint density at radius 1 is 0.766 bits per heavy atom. The van der Waals surface area contributed by atoms with E-state index < -0.39 is 28.8 Å². The van der Waals surface area contributed by atoms with E-state index in [1.165, 1.54) is 4.68 Å². The zero-order chi connectivity index (χ0) is 32.1. The maximum atomic E-state index is 15.0. The summed E-state index contributed by atoms with van der Waals surface area (Å²) < 4.78 is 68.1. The van der Waals surface area contributed by atoms with Crippen LogP contribution in [0.15, 0.2) is 79.0 Å². The Morgan fingerprint density at radius 3 is 2.23 bits per heavy atom. The molecule has 0 unspecified atom stereocenters. The van der Waals surface area contributed by atoms with Crippen molar-refractivity contribution in [2.24, 2.45) is 0 Å². The number of aromatic nitrogens is 4. The normalized spacial score (nSPS) is 11.3. The number of nitrogens with zero attached hydrogens (tertiary/aromatic N) is 4. The molecule has 238 valence electrons. The molecule has 0 fully saturated rings. The van der Waals surface area contributed by atoms with Crippen LogP contribution in [-0.4, -0.2) is 19.3 Å². The molecule has 10 heteroatoms. The van der Waals surface area contributed by atoms with Crippen LogP contribution in [0.5, 0.6) is 11.5 Å². The first-order chi connectivity index (χ1) is 22.3. The molecule has 0 bridgehead atoms. The average Bonchev–Trinajstić information content (AvgIpc) is 3.59. The molecule has 47 heavy (non-hydrogen) atoms. The Labute approximate surface area is 282 Å². The summed E-state index contributed by atoms with van der Waals surface area (Å²) in [7, 11) is 0. The number of halogens is 4. The van der Waals surface area contributed by atoms with Crippen molar-refractivity contribution in [2.75, 3.05) is 0 Å². The third-order valence-corrected chi connectivity index (χ3v) is 7.97. The van der Waals surface area contributed by atoms with Crippen molar-refractivity contribution in [1.82, 2.24) is 19.3 Å². The van der Waals surface area contributed by atoms with Gasteiger partial charge in [0.05, 0.1) is 11.3 Å². The van der Waals surface area contributed by atoms with Gasteiger partial charge in [0.2, 0.25) is 0 Å². The van der Waals surface area contributed by atoms with Gasteiger partial charge in [-0.05, 0) is 54.6 Å². The van der Waals surface area contributed by atoms with Crippen LogP contribution in [0.1, 0.15) is 30.8 Å². The van der Waals surface area contributed by atoms with E-state index in [1.54, 1.807) is 38.2 Å². The quantitative estimate of drug-likeness (QED) is 0.0713. The molecular weight excluding hydrogens is 699 g/mol. The fraction of sp³-hybridized carbons (Fsp3) is 0.135. The van der Waals surface area contributed by atoms with E-state index in [9.17, 15) is 17.6 Å². The maximum Gasteiger partial charge on any atom is 2.00 e. The zero-order valence-corrected chi connectivity index (χ0v) is 27.0. The summed E-state index contributed by atoms with van der Waals surface area (Å²) in [5.41, 5.74) is 3.18. The minimum atomic E-state index is -1.47. The van der Waals surface area contributed by atoms with Crippen molar-refractivity contribution in [3.63, 3.8) is 0 Å². The van der Waals surface area contributed by atoms with Gasteiger partial charge < -0.3 is 9.30 Å². The van der Waals surface area contributed by atoms with Gasteiger partial charge in [0.1, 0.15) is 5.82 Å². The fourth-order valence-electron chi connectivity index (χ4n) is 5.91. The van der Waals surface area contributed by atoms with Gasteiger partial charge in [-0.1, -0.05) is 37.6 Å². The zero-order valence-electron chi connectivity index (χ0n) is 25.4. The van der Waals surface area contributed by atoms with Crippen LogP contribution in [0.4, 0.5) is 17.6 Å². The van der Waals surface area contributed by atoms with Crippen LogP contribution in [0.3, 0.4) is 0 Å². The number of aryl methyl sites for hydroxylation is 2. The Balaban J connectivity index is 0.00000386. The molecule has 0 saturated heterocycles. The van der Waals surface area contributed by atoms with Gasteiger partial charge in [-0.3, -0.25) is 4.68 Å². The second kappa shape index (κ2) is 12.8. The van der Waals surface area contributed by atoms with E-state index >= 15 is 0 Å². The largest absolute Gasteiger partial charge is 2.00 e. The molecule has 0 N–H and O–H groups in total. The Morgan fingerprint density at radius 2 is 1.51 bits per heavy atom. The number of para-hydroxylation sites is 1. The van der Waals surface area contributed by atoms with Gasteiger partial charge in [-0.25, -0.2) is 22.5 Å². The van der Waals surface area contributed by atoms with Gasteiger partial charge in [-0.2, -0.15) is 17.2 Å². The summed E-state index contributed by atoms with van der Waals surface area (Å²) in [5, 5.41) is 6.63. The van der Waals surface area contributed by atoms with Crippen molar-refractivity contribution in [1.29, 1.82) is 0 Å². The van der Waals surface area contributed by atoms with Crippen molar-refractivity contribution < 1.29 is 42.7 Å². The van der Waals surface area contributed by atoms with Gasteiger partial charge >= 0.3 is 20.4 Å². The van der Waals surface area contributed by atoms with Crippen molar-refractivity contribution >= 4 is 21.8 Å². The second-order valence-electron chi connectivity index (χ2n) is 10.9. The summed E-state index contributed by atoms with van der Waals surface area (Å²) in [6, 6.07) is 27.8. The minimum absolute atomic E-state index is 0. The summed E-state index contributed by atoms with van der Waals surface area (Å²) >= 11 is 0. The smallest absolute Gasteiger partial charge is 0.509 e. The predicted octanol–water partition coefficient (Wildman–Crippen LogP) is 9.41.